The Morgan fingerprint density at radius 3 is 2.69 bits per heavy atom. The molecule has 1 atom stereocenters. The van der Waals surface area contributed by atoms with Gasteiger partial charge in [0.15, 0.2) is 0 Å². The third kappa shape index (κ3) is 5.14. The molecule has 1 unspecified atom stereocenters. The molecule has 0 radical (unpaired) electrons. The van der Waals surface area contributed by atoms with Gasteiger partial charge in [-0.05, 0) is 25.2 Å². The maximum atomic E-state index is 11.6. The van der Waals surface area contributed by atoms with Crippen LogP contribution in [-0.4, -0.2) is 31.7 Å². The summed E-state index contributed by atoms with van der Waals surface area (Å²) in [6, 6.07) is -0.356. The van der Waals surface area contributed by atoms with E-state index in [0.29, 0.717) is 5.92 Å². The fourth-order valence-electron chi connectivity index (χ4n) is 1.80. The van der Waals surface area contributed by atoms with Gasteiger partial charge in [0, 0.05) is 19.8 Å². The molecule has 1 aliphatic heterocycles. The van der Waals surface area contributed by atoms with Crippen molar-refractivity contribution in [3.05, 3.63) is 0 Å². The average Bonchev–Trinajstić information content (AvgIpc) is 2.29. The molecular weight excluding hydrogens is 228 g/mol. The molecule has 16 heavy (non-hydrogen) atoms. The van der Waals surface area contributed by atoms with E-state index in [-0.39, 0.29) is 24.4 Å². The highest BCUT2D eigenvalue weighted by Gasteiger charge is 2.25. The molecule has 1 fully saturated rings. The minimum absolute atomic E-state index is 0. The molecule has 0 spiro atoms. The summed E-state index contributed by atoms with van der Waals surface area (Å²) in [6.07, 6.45) is 3.92. The van der Waals surface area contributed by atoms with Crippen LogP contribution in [0, 0.1) is 5.92 Å². The lowest BCUT2D eigenvalue weighted by Gasteiger charge is -2.26. The van der Waals surface area contributed by atoms with Crippen molar-refractivity contribution in [2.75, 3.05) is 19.8 Å². The second-order valence-corrected chi connectivity index (χ2v) is 4.12. The number of rotatable bonds is 5. The third-order valence-electron chi connectivity index (χ3n) is 2.91. The van der Waals surface area contributed by atoms with E-state index in [1.54, 1.807) is 0 Å². The van der Waals surface area contributed by atoms with Gasteiger partial charge in [-0.15, -0.1) is 12.4 Å². The van der Waals surface area contributed by atoms with E-state index in [9.17, 15) is 4.79 Å². The van der Waals surface area contributed by atoms with Crippen LogP contribution in [-0.2, 0) is 9.53 Å². The summed E-state index contributed by atoms with van der Waals surface area (Å²) in [5.74, 6) is 0.288. The number of unbranched alkanes of at least 4 members (excludes halogenated alkanes) is 1. The fourth-order valence-corrected chi connectivity index (χ4v) is 1.80. The molecule has 1 saturated heterocycles. The number of carbonyl (C=O) groups excluding carboxylic acids is 1. The molecule has 0 aromatic rings. The van der Waals surface area contributed by atoms with Crippen molar-refractivity contribution in [2.24, 2.45) is 11.7 Å². The van der Waals surface area contributed by atoms with Crippen LogP contribution in [0.3, 0.4) is 0 Å². The Hall–Kier alpha value is -0.320. The van der Waals surface area contributed by atoms with Gasteiger partial charge in [0.2, 0.25) is 5.91 Å². The Labute approximate surface area is 104 Å². The zero-order valence-corrected chi connectivity index (χ0v) is 10.7. The number of halogens is 1. The van der Waals surface area contributed by atoms with Gasteiger partial charge in [-0.25, -0.2) is 0 Å². The van der Waals surface area contributed by atoms with Crippen molar-refractivity contribution < 1.29 is 9.53 Å². The predicted molar refractivity (Wildman–Crippen MR) is 66.7 cm³/mol. The summed E-state index contributed by atoms with van der Waals surface area (Å²) in [4.78, 5) is 11.6. The summed E-state index contributed by atoms with van der Waals surface area (Å²) in [7, 11) is 0. The summed E-state index contributed by atoms with van der Waals surface area (Å²) >= 11 is 0. The Bertz CT molecular complexity index is 196. The van der Waals surface area contributed by atoms with Gasteiger partial charge < -0.3 is 15.8 Å². The molecule has 4 nitrogen and oxygen atoms in total. The van der Waals surface area contributed by atoms with E-state index in [4.69, 9.17) is 10.5 Å². The highest BCUT2D eigenvalue weighted by atomic mass is 35.5. The number of hydrogen-bond donors (Lipinski definition) is 2. The maximum absolute atomic E-state index is 11.6. The first-order valence-corrected chi connectivity index (χ1v) is 5.86. The first kappa shape index (κ1) is 15.7. The number of ether oxygens (including phenoxy) is 1. The zero-order chi connectivity index (χ0) is 11.1. The predicted octanol–water partition coefficient (Wildman–Crippen LogP) is 1.08. The molecule has 0 saturated carbocycles. The van der Waals surface area contributed by atoms with Crippen molar-refractivity contribution in [1.82, 2.24) is 5.32 Å². The summed E-state index contributed by atoms with van der Waals surface area (Å²) in [6.45, 7) is 4.32. The van der Waals surface area contributed by atoms with Crippen molar-refractivity contribution in [3.8, 4) is 0 Å². The second-order valence-electron chi connectivity index (χ2n) is 4.12. The summed E-state index contributed by atoms with van der Waals surface area (Å²) in [5, 5.41) is 2.88. The van der Waals surface area contributed by atoms with E-state index < -0.39 is 0 Å². The summed E-state index contributed by atoms with van der Waals surface area (Å²) < 4.78 is 5.24. The molecule has 1 amide bonds. The molecule has 5 heteroatoms. The number of carbonyl (C=O) groups is 1. The van der Waals surface area contributed by atoms with Gasteiger partial charge in [-0.2, -0.15) is 0 Å². The van der Waals surface area contributed by atoms with Gasteiger partial charge >= 0.3 is 0 Å². The molecule has 0 aromatic heterocycles. The lowest BCUT2D eigenvalue weighted by Crippen LogP contribution is -2.47. The Kier molecular flexibility index (Phi) is 8.61. The first-order valence-electron chi connectivity index (χ1n) is 5.86. The van der Waals surface area contributed by atoms with E-state index in [0.717, 1.165) is 45.4 Å². The molecular formula is C11H23ClN2O2. The van der Waals surface area contributed by atoms with Crippen LogP contribution < -0.4 is 11.1 Å². The SMILES string of the molecule is CCCCNC(=O)C(N)C1CCOCC1.Cl. The number of nitrogens with one attached hydrogen (secondary N) is 1. The van der Waals surface area contributed by atoms with Crippen molar-refractivity contribution in [3.63, 3.8) is 0 Å². The van der Waals surface area contributed by atoms with Crippen LogP contribution in [0.5, 0.6) is 0 Å². The van der Waals surface area contributed by atoms with Crippen LogP contribution in [0.4, 0.5) is 0 Å². The molecule has 3 N–H and O–H groups in total. The fraction of sp³-hybridized carbons (Fsp3) is 0.909. The highest BCUT2D eigenvalue weighted by molar-refractivity contribution is 5.85. The lowest BCUT2D eigenvalue weighted by molar-refractivity contribution is -0.124. The highest BCUT2D eigenvalue weighted by Crippen LogP contribution is 2.17. The van der Waals surface area contributed by atoms with Crippen LogP contribution in [0.15, 0.2) is 0 Å². The number of hydrogen-bond acceptors (Lipinski definition) is 3. The zero-order valence-electron chi connectivity index (χ0n) is 9.91. The third-order valence-corrected chi connectivity index (χ3v) is 2.91. The Balaban J connectivity index is 0.00000225. The monoisotopic (exact) mass is 250 g/mol. The Morgan fingerprint density at radius 2 is 2.12 bits per heavy atom. The number of amides is 1. The smallest absolute Gasteiger partial charge is 0.237 e. The normalized spacial score (nSPS) is 18.6. The largest absolute Gasteiger partial charge is 0.381 e. The van der Waals surface area contributed by atoms with Crippen LogP contribution in [0.25, 0.3) is 0 Å². The quantitative estimate of drug-likeness (QED) is 0.718. The van der Waals surface area contributed by atoms with Crippen molar-refractivity contribution in [1.29, 1.82) is 0 Å². The molecule has 0 aromatic carbocycles. The second kappa shape index (κ2) is 8.79. The molecule has 1 aliphatic rings. The molecule has 1 rings (SSSR count). The van der Waals surface area contributed by atoms with Gasteiger partial charge in [0.1, 0.15) is 0 Å². The van der Waals surface area contributed by atoms with Crippen LogP contribution in [0.1, 0.15) is 32.6 Å². The van der Waals surface area contributed by atoms with Crippen molar-refractivity contribution in [2.45, 2.75) is 38.6 Å². The van der Waals surface area contributed by atoms with Crippen LogP contribution >= 0.6 is 12.4 Å². The van der Waals surface area contributed by atoms with E-state index >= 15 is 0 Å². The van der Waals surface area contributed by atoms with E-state index in [1.807, 2.05) is 0 Å². The van der Waals surface area contributed by atoms with Gasteiger partial charge in [0.05, 0.1) is 6.04 Å². The minimum Gasteiger partial charge on any atom is -0.381 e. The maximum Gasteiger partial charge on any atom is 0.237 e. The molecule has 1 heterocycles. The van der Waals surface area contributed by atoms with E-state index in [2.05, 4.69) is 12.2 Å². The van der Waals surface area contributed by atoms with Crippen LogP contribution in [0.2, 0.25) is 0 Å². The number of nitrogens with two attached hydrogens (primary N) is 1. The molecule has 0 bridgehead atoms. The Morgan fingerprint density at radius 1 is 1.50 bits per heavy atom. The molecule has 96 valence electrons. The molecule has 0 aliphatic carbocycles. The van der Waals surface area contributed by atoms with Gasteiger partial charge in [0.25, 0.3) is 0 Å². The van der Waals surface area contributed by atoms with Gasteiger partial charge in [-0.1, -0.05) is 13.3 Å². The summed E-state index contributed by atoms with van der Waals surface area (Å²) in [5.41, 5.74) is 5.91. The van der Waals surface area contributed by atoms with Crippen molar-refractivity contribution >= 4 is 18.3 Å². The topological polar surface area (TPSA) is 64.4 Å². The van der Waals surface area contributed by atoms with E-state index in [1.165, 1.54) is 0 Å². The lowest BCUT2D eigenvalue weighted by atomic mass is 9.92. The van der Waals surface area contributed by atoms with Gasteiger partial charge in [-0.3, -0.25) is 4.79 Å². The average molecular weight is 251 g/mol. The first-order chi connectivity index (χ1) is 7.25. The standard InChI is InChI=1S/C11H22N2O2.ClH/c1-2-3-6-13-11(14)10(12)9-4-7-15-8-5-9;/h9-10H,2-8,12H2,1H3,(H,13,14);1H. The minimum atomic E-state index is -0.356.